The van der Waals surface area contributed by atoms with Crippen LogP contribution in [0.2, 0.25) is 0 Å². The molecule has 1 aromatic rings. The number of nitrogens with one attached hydrogen (secondary N) is 1. The lowest BCUT2D eigenvalue weighted by Gasteiger charge is -2.20. The number of aliphatic hydroxyl groups is 1. The summed E-state index contributed by atoms with van der Waals surface area (Å²) in [7, 11) is 0. The van der Waals surface area contributed by atoms with Crippen molar-refractivity contribution in [2.75, 3.05) is 6.54 Å². The van der Waals surface area contributed by atoms with Gasteiger partial charge in [-0.25, -0.2) is 0 Å². The van der Waals surface area contributed by atoms with Crippen molar-refractivity contribution in [2.45, 2.75) is 52.6 Å². The van der Waals surface area contributed by atoms with Gasteiger partial charge in [0.25, 0.3) is 0 Å². The van der Waals surface area contributed by atoms with E-state index in [2.05, 4.69) is 26.1 Å². The van der Waals surface area contributed by atoms with Crippen LogP contribution in [0.15, 0.2) is 30.3 Å². The predicted molar refractivity (Wildman–Crippen MR) is 95.2 cm³/mol. The average molecular weight is 334 g/mol. The summed E-state index contributed by atoms with van der Waals surface area (Å²) in [5.41, 5.74) is 6.55. The molecule has 24 heavy (non-hydrogen) atoms. The number of nitrogens with two attached hydrogens (primary N) is 1. The van der Waals surface area contributed by atoms with Crippen molar-refractivity contribution in [3.63, 3.8) is 0 Å². The van der Waals surface area contributed by atoms with Gasteiger partial charge in [0.15, 0.2) is 0 Å². The van der Waals surface area contributed by atoms with Crippen LogP contribution >= 0.6 is 0 Å². The second kappa shape index (κ2) is 9.42. The summed E-state index contributed by atoms with van der Waals surface area (Å²) in [5.74, 6) is -2.08. The molecule has 134 valence electrons. The Balaban J connectivity index is 2.46. The highest BCUT2D eigenvalue weighted by molar-refractivity contribution is 5.99. The molecule has 4 N–H and O–H groups in total. The molecule has 0 aliphatic carbocycles. The van der Waals surface area contributed by atoms with E-state index >= 15 is 0 Å². The van der Waals surface area contributed by atoms with Crippen molar-refractivity contribution in [1.29, 1.82) is 0 Å². The van der Waals surface area contributed by atoms with Crippen LogP contribution in [0.4, 0.5) is 0 Å². The van der Waals surface area contributed by atoms with E-state index in [0.717, 1.165) is 12.0 Å². The molecular formula is C19H30N2O3. The Labute approximate surface area is 144 Å². The van der Waals surface area contributed by atoms with Gasteiger partial charge in [-0.05, 0) is 36.7 Å². The molecule has 0 aliphatic heterocycles. The number of aliphatic hydroxyl groups excluding tert-OH is 1. The summed E-state index contributed by atoms with van der Waals surface area (Å²) in [4.78, 5) is 23.7. The lowest BCUT2D eigenvalue weighted by atomic mass is 9.92. The zero-order valence-electron chi connectivity index (χ0n) is 14.9. The van der Waals surface area contributed by atoms with Crippen LogP contribution in [0.25, 0.3) is 0 Å². The van der Waals surface area contributed by atoms with Crippen molar-refractivity contribution in [2.24, 2.45) is 17.1 Å². The average Bonchev–Trinajstić information content (AvgIpc) is 2.50. The van der Waals surface area contributed by atoms with Gasteiger partial charge < -0.3 is 16.2 Å². The molecule has 1 rings (SSSR count). The van der Waals surface area contributed by atoms with Crippen molar-refractivity contribution in [3.05, 3.63) is 35.9 Å². The number of hydrogen-bond acceptors (Lipinski definition) is 3. The maximum atomic E-state index is 12.2. The van der Waals surface area contributed by atoms with E-state index in [4.69, 9.17) is 5.73 Å². The summed E-state index contributed by atoms with van der Waals surface area (Å²) >= 11 is 0. The fourth-order valence-corrected chi connectivity index (χ4v) is 2.40. The van der Waals surface area contributed by atoms with Gasteiger partial charge >= 0.3 is 0 Å². The second-order valence-corrected chi connectivity index (χ2v) is 7.47. The summed E-state index contributed by atoms with van der Waals surface area (Å²) in [6.07, 6.45) is 1.31. The van der Waals surface area contributed by atoms with Crippen LogP contribution in [0, 0.1) is 11.3 Å². The number of aryl methyl sites for hydroxylation is 1. The molecule has 0 unspecified atom stereocenters. The molecule has 1 aromatic carbocycles. The topological polar surface area (TPSA) is 92.4 Å². The Morgan fingerprint density at radius 1 is 1.21 bits per heavy atom. The van der Waals surface area contributed by atoms with E-state index in [1.165, 1.54) is 0 Å². The zero-order chi connectivity index (χ0) is 18.2. The molecule has 5 heteroatoms. The van der Waals surface area contributed by atoms with E-state index in [9.17, 15) is 14.7 Å². The number of benzene rings is 1. The molecule has 0 saturated carbocycles. The van der Waals surface area contributed by atoms with E-state index < -0.39 is 23.8 Å². The molecule has 2 atom stereocenters. The van der Waals surface area contributed by atoms with E-state index in [-0.39, 0.29) is 11.8 Å². The molecule has 0 fully saturated rings. The first kappa shape index (κ1) is 20.2. The van der Waals surface area contributed by atoms with E-state index in [1.807, 2.05) is 30.3 Å². The standard InChI is InChI=1S/C19H30N2O3/c1-19(2,3)11-12-21-18(24)16(17(20)23)13-15(22)10-9-14-7-5-4-6-8-14/h4-8,15-16,22H,9-13H2,1-3H3,(H2,20,23)(H,21,24)/t15-,16+/m0/s1. The molecule has 0 heterocycles. The third-order valence-electron chi connectivity index (χ3n) is 3.95. The van der Waals surface area contributed by atoms with Gasteiger partial charge in [-0.3, -0.25) is 9.59 Å². The molecule has 5 nitrogen and oxygen atoms in total. The van der Waals surface area contributed by atoms with Crippen LogP contribution in [0.3, 0.4) is 0 Å². The number of carbonyl (C=O) groups excluding carboxylic acids is 2. The van der Waals surface area contributed by atoms with E-state index in [0.29, 0.717) is 19.4 Å². The van der Waals surface area contributed by atoms with Crippen LogP contribution in [0.1, 0.15) is 45.6 Å². The van der Waals surface area contributed by atoms with Crippen LogP contribution in [-0.2, 0) is 16.0 Å². The molecule has 0 bridgehead atoms. The number of hydrogen-bond donors (Lipinski definition) is 3. The first-order valence-electron chi connectivity index (χ1n) is 8.48. The minimum Gasteiger partial charge on any atom is -0.393 e. The summed E-state index contributed by atoms with van der Waals surface area (Å²) in [6.45, 7) is 6.74. The van der Waals surface area contributed by atoms with Gasteiger partial charge in [0.1, 0.15) is 5.92 Å². The molecule has 0 spiro atoms. The minimum atomic E-state index is -0.990. The van der Waals surface area contributed by atoms with Crippen molar-refractivity contribution in [3.8, 4) is 0 Å². The molecule has 0 saturated heterocycles. The lowest BCUT2D eigenvalue weighted by Crippen LogP contribution is -2.41. The molecule has 0 radical (unpaired) electrons. The van der Waals surface area contributed by atoms with Crippen LogP contribution < -0.4 is 11.1 Å². The Morgan fingerprint density at radius 3 is 2.38 bits per heavy atom. The number of rotatable bonds is 9. The number of carbonyl (C=O) groups is 2. The summed E-state index contributed by atoms with van der Waals surface area (Å²) in [5, 5.41) is 12.9. The first-order valence-corrected chi connectivity index (χ1v) is 8.48. The Hall–Kier alpha value is -1.88. The third kappa shape index (κ3) is 8.11. The van der Waals surface area contributed by atoms with Gasteiger partial charge in [-0.15, -0.1) is 0 Å². The predicted octanol–water partition coefficient (Wildman–Crippen LogP) is 2.02. The van der Waals surface area contributed by atoms with Crippen molar-refractivity contribution < 1.29 is 14.7 Å². The smallest absolute Gasteiger partial charge is 0.232 e. The van der Waals surface area contributed by atoms with Gasteiger partial charge in [0.2, 0.25) is 11.8 Å². The van der Waals surface area contributed by atoms with Crippen molar-refractivity contribution >= 4 is 11.8 Å². The molecule has 2 amide bonds. The fraction of sp³-hybridized carbons (Fsp3) is 0.579. The fourth-order valence-electron chi connectivity index (χ4n) is 2.40. The maximum Gasteiger partial charge on any atom is 0.232 e. The quantitative estimate of drug-likeness (QED) is 0.603. The molecule has 0 aliphatic rings. The lowest BCUT2D eigenvalue weighted by molar-refractivity contribution is -0.135. The summed E-state index contributed by atoms with van der Waals surface area (Å²) in [6, 6.07) is 9.78. The highest BCUT2D eigenvalue weighted by atomic mass is 16.3. The molecule has 0 aromatic heterocycles. The Bertz CT molecular complexity index is 523. The SMILES string of the molecule is CC(C)(C)CCNC(=O)[C@H](C[C@@H](O)CCc1ccccc1)C(N)=O. The summed E-state index contributed by atoms with van der Waals surface area (Å²) < 4.78 is 0. The first-order chi connectivity index (χ1) is 11.2. The van der Waals surface area contributed by atoms with Gasteiger partial charge in [-0.2, -0.15) is 0 Å². The van der Waals surface area contributed by atoms with Gasteiger partial charge in [-0.1, -0.05) is 51.1 Å². The largest absolute Gasteiger partial charge is 0.393 e. The van der Waals surface area contributed by atoms with Crippen LogP contribution in [-0.4, -0.2) is 29.6 Å². The minimum absolute atomic E-state index is 0.0590. The zero-order valence-corrected chi connectivity index (χ0v) is 14.9. The van der Waals surface area contributed by atoms with Crippen LogP contribution in [0.5, 0.6) is 0 Å². The molecular weight excluding hydrogens is 304 g/mol. The maximum absolute atomic E-state index is 12.2. The number of amides is 2. The Morgan fingerprint density at radius 2 is 1.83 bits per heavy atom. The van der Waals surface area contributed by atoms with E-state index in [1.54, 1.807) is 0 Å². The third-order valence-corrected chi connectivity index (χ3v) is 3.95. The van der Waals surface area contributed by atoms with Gasteiger partial charge in [0.05, 0.1) is 6.10 Å². The highest BCUT2D eigenvalue weighted by Gasteiger charge is 2.27. The Kier molecular flexibility index (Phi) is 7.92. The normalized spacial score (nSPS) is 14.0. The number of primary amides is 1. The second-order valence-electron chi connectivity index (χ2n) is 7.47. The van der Waals surface area contributed by atoms with Crippen molar-refractivity contribution in [1.82, 2.24) is 5.32 Å². The highest BCUT2D eigenvalue weighted by Crippen LogP contribution is 2.17. The monoisotopic (exact) mass is 334 g/mol. The van der Waals surface area contributed by atoms with Gasteiger partial charge in [0, 0.05) is 6.54 Å².